The SMILES string of the molecule is CCCCCCOc1ccc(C(=O)N2CCN(S(=O)(=O)N(CC)CC)CC2)cc1OC. The third-order valence-corrected chi connectivity index (χ3v) is 7.74. The van der Waals surface area contributed by atoms with E-state index in [4.69, 9.17) is 9.47 Å². The maximum Gasteiger partial charge on any atom is 0.282 e. The number of ether oxygens (including phenoxy) is 2. The Bertz CT molecular complexity index is 803. The minimum Gasteiger partial charge on any atom is -0.493 e. The van der Waals surface area contributed by atoms with Crippen LogP contribution in [0.5, 0.6) is 11.5 Å². The summed E-state index contributed by atoms with van der Waals surface area (Å²) < 4.78 is 39.5. The maximum absolute atomic E-state index is 13.0. The first-order valence-corrected chi connectivity index (χ1v) is 12.6. The van der Waals surface area contributed by atoms with E-state index >= 15 is 0 Å². The van der Waals surface area contributed by atoms with E-state index in [0.717, 1.165) is 12.8 Å². The van der Waals surface area contributed by atoms with Crippen molar-refractivity contribution in [2.45, 2.75) is 46.5 Å². The summed E-state index contributed by atoms with van der Waals surface area (Å²) in [7, 11) is -1.92. The number of nitrogens with zero attached hydrogens (tertiary/aromatic N) is 3. The second kappa shape index (κ2) is 12.3. The first-order chi connectivity index (χ1) is 14.9. The highest BCUT2D eigenvalue weighted by Crippen LogP contribution is 2.29. The van der Waals surface area contributed by atoms with Crippen LogP contribution in [-0.2, 0) is 10.2 Å². The Hall–Kier alpha value is -1.84. The monoisotopic (exact) mass is 455 g/mol. The quantitative estimate of drug-likeness (QED) is 0.453. The van der Waals surface area contributed by atoms with Gasteiger partial charge in [0.05, 0.1) is 13.7 Å². The van der Waals surface area contributed by atoms with Crippen molar-refractivity contribution in [3.8, 4) is 11.5 Å². The Morgan fingerprint density at radius 2 is 1.68 bits per heavy atom. The number of carbonyl (C=O) groups excluding carboxylic acids is 1. The van der Waals surface area contributed by atoms with Crippen molar-refractivity contribution in [1.29, 1.82) is 0 Å². The fourth-order valence-corrected chi connectivity index (χ4v) is 5.25. The molecule has 0 radical (unpaired) electrons. The summed E-state index contributed by atoms with van der Waals surface area (Å²) in [5.41, 5.74) is 0.509. The fourth-order valence-electron chi connectivity index (χ4n) is 3.65. The van der Waals surface area contributed by atoms with Crippen LogP contribution in [0.2, 0.25) is 0 Å². The average molecular weight is 456 g/mol. The van der Waals surface area contributed by atoms with Gasteiger partial charge in [0.1, 0.15) is 0 Å². The topological polar surface area (TPSA) is 79.4 Å². The van der Waals surface area contributed by atoms with Crippen molar-refractivity contribution in [2.24, 2.45) is 0 Å². The molecule has 2 rings (SSSR count). The molecule has 0 aromatic heterocycles. The van der Waals surface area contributed by atoms with Crippen molar-refractivity contribution in [3.05, 3.63) is 23.8 Å². The van der Waals surface area contributed by atoms with Gasteiger partial charge in [-0.15, -0.1) is 0 Å². The van der Waals surface area contributed by atoms with Gasteiger partial charge in [0.25, 0.3) is 16.1 Å². The van der Waals surface area contributed by atoms with Crippen LogP contribution in [0.1, 0.15) is 56.8 Å². The third kappa shape index (κ3) is 6.57. The van der Waals surface area contributed by atoms with Crippen molar-refractivity contribution >= 4 is 16.1 Å². The van der Waals surface area contributed by atoms with Gasteiger partial charge in [0.15, 0.2) is 11.5 Å². The summed E-state index contributed by atoms with van der Waals surface area (Å²) in [4.78, 5) is 14.7. The van der Waals surface area contributed by atoms with E-state index in [0.29, 0.717) is 62.9 Å². The first kappa shape index (κ1) is 25.4. The number of benzene rings is 1. The van der Waals surface area contributed by atoms with Crippen LogP contribution in [0, 0.1) is 0 Å². The molecule has 1 heterocycles. The molecule has 1 saturated heterocycles. The third-order valence-electron chi connectivity index (χ3n) is 5.55. The van der Waals surface area contributed by atoms with Crippen LogP contribution < -0.4 is 9.47 Å². The molecular weight excluding hydrogens is 418 g/mol. The van der Waals surface area contributed by atoms with Gasteiger partial charge in [-0.25, -0.2) is 0 Å². The fraction of sp³-hybridized carbons (Fsp3) is 0.682. The zero-order valence-electron chi connectivity index (χ0n) is 19.3. The van der Waals surface area contributed by atoms with Gasteiger partial charge in [0, 0.05) is 44.8 Å². The standard InChI is InChI=1S/C22H37N3O5S/c1-5-8-9-10-17-30-20-12-11-19(18-21(20)29-4)22(26)23-13-15-25(16-14-23)31(27,28)24(6-2)7-3/h11-12,18H,5-10,13-17H2,1-4H3. The molecule has 1 aliphatic heterocycles. The molecule has 0 atom stereocenters. The van der Waals surface area contributed by atoms with Gasteiger partial charge in [-0.3, -0.25) is 4.79 Å². The van der Waals surface area contributed by atoms with E-state index < -0.39 is 10.2 Å². The predicted octanol–water partition coefficient (Wildman–Crippen LogP) is 3.00. The summed E-state index contributed by atoms with van der Waals surface area (Å²) in [5, 5.41) is 0. The molecule has 1 aromatic rings. The summed E-state index contributed by atoms with van der Waals surface area (Å²) in [5.74, 6) is 1.03. The van der Waals surface area contributed by atoms with Gasteiger partial charge in [-0.05, 0) is 24.6 Å². The molecule has 8 nitrogen and oxygen atoms in total. The average Bonchev–Trinajstić information content (AvgIpc) is 2.79. The highest BCUT2D eigenvalue weighted by molar-refractivity contribution is 7.86. The molecule has 1 fully saturated rings. The molecule has 0 spiro atoms. The second-order valence-electron chi connectivity index (χ2n) is 7.56. The van der Waals surface area contributed by atoms with Gasteiger partial charge in [0.2, 0.25) is 0 Å². The summed E-state index contributed by atoms with van der Waals surface area (Å²) in [6.07, 6.45) is 4.48. The van der Waals surface area contributed by atoms with Crippen LogP contribution in [-0.4, -0.2) is 80.8 Å². The number of methoxy groups -OCH3 is 1. The molecule has 9 heteroatoms. The normalized spacial score (nSPS) is 15.3. The lowest BCUT2D eigenvalue weighted by molar-refractivity contribution is 0.0693. The van der Waals surface area contributed by atoms with Crippen molar-refractivity contribution in [3.63, 3.8) is 0 Å². The van der Waals surface area contributed by atoms with Gasteiger partial charge in [-0.2, -0.15) is 17.0 Å². The Morgan fingerprint density at radius 1 is 1.00 bits per heavy atom. The van der Waals surface area contributed by atoms with Gasteiger partial charge >= 0.3 is 0 Å². The van der Waals surface area contributed by atoms with Crippen molar-refractivity contribution < 1.29 is 22.7 Å². The predicted molar refractivity (Wildman–Crippen MR) is 122 cm³/mol. The van der Waals surface area contributed by atoms with E-state index in [2.05, 4.69) is 6.92 Å². The van der Waals surface area contributed by atoms with Crippen LogP contribution >= 0.6 is 0 Å². The Kier molecular flexibility index (Phi) is 10.1. The molecule has 0 unspecified atom stereocenters. The molecule has 1 aromatic carbocycles. The highest BCUT2D eigenvalue weighted by atomic mass is 32.2. The Morgan fingerprint density at radius 3 is 2.26 bits per heavy atom. The smallest absolute Gasteiger partial charge is 0.282 e. The number of hydrogen-bond donors (Lipinski definition) is 0. The van der Waals surface area contributed by atoms with Crippen LogP contribution in [0.25, 0.3) is 0 Å². The van der Waals surface area contributed by atoms with Crippen LogP contribution in [0.15, 0.2) is 18.2 Å². The minimum atomic E-state index is -3.48. The lowest BCUT2D eigenvalue weighted by Gasteiger charge is -2.36. The number of rotatable bonds is 12. The number of hydrogen-bond acceptors (Lipinski definition) is 5. The van der Waals surface area contributed by atoms with Gasteiger partial charge < -0.3 is 14.4 Å². The van der Waals surface area contributed by atoms with Crippen molar-refractivity contribution in [1.82, 2.24) is 13.5 Å². The lowest BCUT2D eigenvalue weighted by atomic mass is 10.1. The summed E-state index contributed by atoms with van der Waals surface area (Å²) >= 11 is 0. The number of amides is 1. The molecule has 176 valence electrons. The van der Waals surface area contributed by atoms with Crippen LogP contribution in [0.4, 0.5) is 0 Å². The zero-order valence-corrected chi connectivity index (χ0v) is 20.1. The molecule has 1 aliphatic rings. The molecule has 0 saturated carbocycles. The van der Waals surface area contributed by atoms with E-state index in [1.807, 2.05) is 13.8 Å². The molecule has 31 heavy (non-hydrogen) atoms. The van der Waals surface area contributed by atoms with E-state index in [1.165, 1.54) is 21.5 Å². The molecule has 1 amide bonds. The van der Waals surface area contributed by atoms with Crippen LogP contribution in [0.3, 0.4) is 0 Å². The molecule has 0 bridgehead atoms. The molecule has 0 aliphatic carbocycles. The Balaban J connectivity index is 1.98. The highest BCUT2D eigenvalue weighted by Gasteiger charge is 2.32. The minimum absolute atomic E-state index is 0.132. The summed E-state index contributed by atoms with van der Waals surface area (Å²) in [6, 6.07) is 5.21. The number of carbonyl (C=O) groups is 1. The van der Waals surface area contributed by atoms with Gasteiger partial charge in [-0.1, -0.05) is 40.0 Å². The zero-order chi connectivity index (χ0) is 22.9. The second-order valence-corrected chi connectivity index (χ2v) is 9.49. The maximum atomic E-state index is 13.0. The molecular formula is C22H37N3O5S. The Labute approximate surface area is 187 Å². The lowest BCUT2D eigenvalue weighted by Crippen LogP contribution is -2.54. The van der Waals surface area contributed by atoms with E-state index in [9.17, 15) is 13.2 Å². The first-order valence-electron chi connectivity index (χ1n) is 11.2. The largest absolute Gasteiger partial charge is 0.493 e. The van der Waals surface area contributed by atoms with E-state index in [-0.39, 0.29) is 5.91 Å². The number of piperazine rings is 1. The molecule has 0 N–H and O–H groups in total. The van der Waals surface area contributed by atoms with Crippen molar-refractivity contribution in [2.75, 3.05) is 53.0 Å². The van der Waals surface area contributed by atoms with E-state index in [1.54, 1.807) is 30.2 Å². The summed E-state index contributed by atoms with van der Waals surface area (Å²) in [6.45, 7) is 8.61. The number of unbranched alkanes of at least 4 members (excludes halogenated alkanes) is 3.